The lowest BCUT2D eigenvalue weighted by Gasteiger charge is -2.33. The Morgan fingerprint density at radius 3 is 2.67 bits per heavy atom. The summed E-state index contributed by atoms with van der Waals surface area (Å²) in [6, 6.07) is 0. The zero-order valence-corrected chi connectivity index (χ0v) is 15.5. The van der Waals surface area contributed by atoms with Crippen molar-refractivity contribution in [2.45, 2.75) is 51.0 Å². The van der Waals surface area contributed by atoms with E-state index in [9.17, 15) is 13.2 Å². The van der Waals surface area contributed by atoms with Crippen molar-refractivity contribution in [3.63, 3.8) is 0 Å². The number of aromatic nitrogens is 2. The van der Waals surface area contributed by atoms with E-state index in [4.69, 9.17) is 5.73 Å². The first-order valence-electron chi connectivity index (χ1n) is 8.12. The Morgan fingerprint density at radius 2 is 2.12 bits per heavy atom. The second kappa shape index (κ2) is 6.81. The zero-order valence-electron chi connectivity index (χ0n) is 14.7. The first-order chi connectivity index (χ1) is 11.1. The zero-order chi connectivity index (χ0) is 18.1. The lowest BCUT2D eigenvalue weighted by molar-refractivity contribution is -0.127. The molecule has 1 fully saturated rings. The third-order valence-corrected chi connectivity index (χ3v) is 6.51. The van der Waals surface area contributed by atoms with Crippen molar-refractivity contribution in [3.8, 4) is 0 Å². The first-order valence-corrected chi connectivity index (χ1v) is 9.56. The number of hydrogen-bond donors (Lipinski definition) is 3. The summed E-state index contributed by atoms with van der Waals surface area (Å²) in [6.45, 7) is 7.95. The van der Waals surface area contributed by atoms with Crippen LogP contribution in [0.2, 0.25) is 0 Å². The van der Waals surface area contributed by atoms with E-state index in [1.807, 2.05) is 13.8 Å². The molecule has 9 heteroatoms. The first kappa shape index (κ1) is 18.9. The lowest BCUT2D eigenvalue weighted by atomic mass is 9.96. The minimum Gasteiger partial charge on any atom is -0.350 e. The van der Waals surface area contributed by atoms with Crippen LogP contribution in [0.25, 0.3) is 0 Å². The van der Waals surface area contributed by atoms with E-state index >= 15 is 0 Å². The van der Waals surface area contributed by atoms with Gasteiger partial charge >= 0.3 is 0 Å². The number of nitrogens with two attached hydrogens (primary N) is 1. The Hall–Kier alpha value is -1.45. The molecule has 0 bridgehead atoms. The summed E-state index contributed by atoms with van der Waals surface area (Å²) in [5.41, 5.74) is 6.11. The maximum Gasteiger partial charge on any atom is 0.246 e. The number of sulfonamides is 1. The minimum atomic E-state index is -3.66. The van der Waals surface area contributed by atoms with E-state index in [-0.39, 0.29) is 23.3 Å². The van der Waals surface area contributed by atoms with E-state index in [0.717, 1.165) is 0 Å². The Balaban J connectivity index is 2.17. The molecule has 1 saturated heterocycles. The average Bonchev–Trinajstić information content (AvgIpc) is 2.86. The molecule has 1 aliphatic rings. The van der Waals surface area contributed by atoms with Crippen LogP contribution in [0.5, 0.6) is 0 Å². The van der Waals surface area contributed by atoms with Crippen molar-refractivity contribution >= 4 is 15.9 Å². The van der Waals surface area contributed by atoms with E-state index in [1.54, 1.807) is 13.8 Å². The molecule has 1 aromatic heterocycles. The van der Waals surface area contributed by atoms with Crippen molar-refractivity contribution < 1.29 is 13.2 Å². The maximum atomic E-state index is 12.9. The molecule has 1 atom stereocenters. The summed E-state index contributed by atoms with van der Waals surface area (Å²) in [5, 5.41) is 9.57. The fourth-order valence-electron chi connectivity index (χ4n) is 2.91. The summed E-state index contributed by atoms with van der Waals surface area (Å²) >= 11 is 0. The van der Waals surface area contributed by atoms with Crippen LogP contribution in [-0.4, -0.2) is 54.0 Å². The highest BCUT2D eigenvalue weighted by atomic mass is 32.2. The van der Waals surface area contributed by atoms with E-state index < -0.39 is 15.6 Å². The number of aromatic amines is 1. The number of hydrogen-bond acceptors (Lipinski definition) is 5. The average molecular weight is 357 g/mol. The molecule has 4 N–H and O–H groups in total. The van der Waals surface area contributed by atoms with Gasteiger partial charge in [0.05, 0.1) is 17.3 Å². The normalized spacial score (nSPS) is 20.1. The third kappa shape index (κ3) is 3.79. The van der Waals surface area contributed by atoms with Gasteiger partial charge < -0.3 is 11.1 Å². The number of piperidine rings is 1. The third-order valence-electron chi connectivity index (χ3n) is 4.39. The predicted molar refractivity (Wildman–Crippen MR) is 90.8 cm³/mol. The molecular weight excluding hydrogens is 330 g/mol. The number of carbonyl (C=O) groups is 1. The van der Waals surface area contributed by atoms with Gasteiger partial charge in [-0.05, 0) is 40.5 Å². The van der Waals surface area contributed by atoms with Gasteiger partial charge in [0.25, 0.3) is 0 Å². The number of aryl methyl sites for hydroxylation is 2. The molecule has 1 unspecified atom stereocenters. The highest BCUT2D eigenvalue weighted by Crippen LogP contribution is 2.27. The number of amides is 1. The summed E-state index contributed by atoms with van der Waals surface area (Å²) < 4.78 is 27.2. The van der Waals surface area contributed by atoms with E-state index in [0.29, 0.717) is 37.3 Å². The maximum absolute atomic E-state index is 12.9. The van der Waals surface area contributed by atoms with Gasteiger partial charge in [-0.25, -0.2) is 8.42 Å². The van der Waals surface area contributed by atoms with Crippen LogP contribution in [-0.2, 0) is 14.8 Å². The minimum absolute atomic E-state index is 0.147. The molecule has 2 rings (SSSR count). The Kier molecular flexibility index (Phi) is 5.36. The summed E-state index contributed by atoms with van der Waals surface area (Å²) in [7, 11) is -3.66. The summed E-state index contributed by atoms with van der Waals surface area (Å²) in [6.07, 6.45) is 1.32. The van der Waals surface area contributed by atoms with Crippen LogP contribution in [0.1, 0.15) is 38.1 Å². The molecule has 0 aliphatic carbocycles. The van der Waals surface area contributed by atoms with Gasteiger partial charge in [-0.2, -0.15) is 9.40 Å². The van der Waals surface area contributed by atoms with Crippen molar-refractivity contribution in [1.82, 2.24) is 19.8 Å². The topological polar surface area (TPSA) is 121 Å². The van der Waals surface area contributed by atoms with Gasteiger partial charge in [0.15, 0.2) is 0 Å². The molecule has 2 heterocycles. The highest BCUT2D eigenvalue weighted by molar-refractivity contribution is 7.89. The molecule has 1 aromatic rings. The van der Waals surface area contributed by atoms with E-state index in [1.165, 1.54) is 4.31 Å². The van der Waals surface area contributed by atoms with Crippen molar-refractivity contribution in [2.24, 2.45) is 11.7 Å². The Labute approximate surface area is 143 Å². The monoisotopic (exact) mass is 357 g/mol. The highest BCUT2D eigenvalue weighted by Gasteiger charge is 2.36. The van der Waals surface area contributed by atoms with Gasteiger partial charge in [-0.3, -0.25) is 9.89 Å². The van der Waals surface area contributed by atoms with Crippen LogP contribution in [0.15, 0.2) is 4.90 Å². The van der Waals surface area contributed by atoms with Crippen LogP contribution in [0.4, 0.5) is 0 Å². The van der Waals surface area contributed by atoms with Gasteiger partial charge in [0.2, 0.25) is 15.9 Å². The predicted octanol–water partition coefficient (Wildman–Crippen LogP) is 0.281. The molecule has 1 aliphatic heterocycles. The van der Waals surface area contributed by atoms with Crippen LogP contribution in [0, 0.1) is 19.8 Å². The van der Waals surface area contributed by atoms with Gasteiger partial charge in [-0.1, -0.05) is 0 Å². The number of H-pyrrole nitrogens is 1. The fourth-order valence-corrected chi connectivity index (χ4v) is 4.77. The van der Waals surface area contributed by atoms with Crippen LogP contribution >= 0.6 is 0 Å². The SMILES string of the molecule is Cc1n[nH]c(C)c1S(=O)(=O)N1CCCC(C(=O)NC(C)(C)CN)C1. The number of nitrogens with zero attached hydrogens (tertiary/aromatic N) is 2. The van der Waals surface area contributed by atoms with Crippen LogP contribution < -0.4 is 11.1 Å². The molecule has 0 radical (unpaired) electrons. The van der Waals surface area contributed by atoms with Gasteiger partial charge in [-0.15, -0.1) is 0 Å². The van der Waals surface area contributed by atoms with Crippen molar-refractivity contribution in [3.05, 3.63) is 11.4 Å². The summed E-state index contributed by atoms with van der Waals surface area (Å²) in [4.78, 5) is 12.7. The van der Waals surface area contributed by atoms with Gasteiger partial charge in [0, 0.05) is 25.2 Å². The fraction of sp³-hybridized carbons (Fsp3) is 0.733. The molecular formula is C15H27N5O3S. The molecule has 8 nitrogen and oxygen atoms in total. The molecule has 0 saturated carbocycles. The molecule has 24 heavy (non-hydrogen) atoms. The van der Waals surface area contributed by atoms with E-state index in [2.05, 4.69) is 15.5 Å². The second-order valence-electron chi connectivity index (χ2n) is 7.04. The number of carbonyl (C=O) groups excluding carboxylic acids is 1. The van der Waals surface area contributed by atoms with Gasteiger partial charge in [0.1, 0.15) is 4.90 Å². The lowest BCUT2D eigenvalue weighted by Crippen LogP contribution is -2.53. The molecule has 0 spiro atoms. The quantitative estimate of drug-likeness (QED) is 0.699. The number of nitrogens with one attached hydrogen (secondary N) is 2. The van der Waals surface area contributed by atoms with Crippen molar-refractivity contribution in [1.29, 1.82) is 0 Å². The largest absolute Gasteiger partial charge is 0.350 e. The second-order valence-corrected chi connectivity index (χ2v) is 8.92. The molecule has 1 amide bonds. The number of rotatable bonds is 5. The summed E-state index contributed by atoms with van der Waals surface area (Å²) in [5.74, 6) is -0.516. The molecule has 136 valence electrons. The van der Waals surface area contributed by atoms with Crippen molar-refractivity contribution in [2.75, 3.05) is 19.6 Å². The molecule has 0 aromatic carbocycles. The van der Waals surface area contributed by atoms with Crippen LogP contribution in [0.3, 0.4) is 0 Å². The standard InChI is InChI=1S/C15H27N5O3S/c1-10-13(11(2)19-18-10)24(22,23)20-7-5-6-12(8-20)14(21)17-15(3,4)9-16/h12H,5-9,16H2,1-4H3,(H,17,21)(H,18,19). The smallest absolute Gasteiger partial charge is 0.246 e. The Bertz CT molecular complexity index is 691. The Morgan fingerprint density at radius 1 is 1.46 bits per heavy atom.